The van der Waals surface area contributed by atoms with Gasteiger partial charge in [-0.2, -0.15) is 0 Å². The van der Waals surface area contributed by atoms with Gasteiger partial charge in [0, 0.05) is 21.2 Å². The molecule has 0 bridgehead atoms. The fourth-order valence-electron chi connectivity index (χ4n) is 1.46. The molecule has 0 atom stereocenters. The number of aromatic nitrogens is 1. The van der Waals surface area contributed by atoms with Crippen LogP contribution in [0.1, 0.15) is 11.3 Å². The summed E-state index contributed by atoms with van der Waals surface area (Å²) in [5.41, 5.74) is 1.92. The Labute approximate surface area is 119 Å². The highest BCUT2D eigenvalue weighted by molar-refractivity contribution is 14.1. The molecular weight excluding hydrogens is 349 g/mol. The molecule has 0 aliphatic rings. The minimum absolute atomic E-state index is 0.465. The van der Waals surface area contributed by atoms with Gasteiger partial charge < -0.3 is 4.74 Å². The second kappa shape index (κ2) is 5.69. The van der Waals surface area contributed by atoms with E-state index >= 15 is 0 Å². The summed E-state index contributed by atoms with van der Waals surface area (Å²) in [7, 11) is 0. The zero-order chi connectivity index (χ0) is 12.3. The lowest BCUT2D eigenvalue weighted by atomic mass is 10.2. The predicted molar refractivity (Wildman–Crippen MR) is 77.8 cm³/mol. The number of nitrogens with zero attached hydrogens (tertiary/aromatic N) is 1. The van der Waals surface area contributed by atoms with E-state index in [1.165, 1.54) is 3.57 Å². The third-order valence-corrected chi connectivity index (χ3v) is 3.21. The summed E-state index contributed by atoms with van der Waals surface area (Å²) in [5.74, 6) is 1.83. The molecule has 2 aromatic rings. The molecule has 0 N–H and O–H groups in total. The molecule has 0 aliphatic heterocycles. The first-order chi connectivity index (χ1) is 8.17. The van der Waals surface area contributed by atoms with Crippen LogP contribution >= 0.6 is 34.2 Å². The van der Waals surface area contributed by atoms with Gasteiger partial charge in [-0.15, -0.1) is 11.6 Å². The summed E-state index contributed by atoms with van der Waals surface area (Å²) in [6.07, 6.45) is 0. The van der Waals surface area contributed by atoms with Crippen molar-refractivity contribution in [3.63, 3.8) is 0 Å². The molecule has 0 radical (unpaired) electrons. The summed E-state index contributed by atoms with van der Waals surface area (Å²) in [4.78, 5) is 4.32. The number of benzene rings is 1. The van der Waals surface area contributed by atoms with Gasteiger partial charge in [0.05, 0.1) is 0 Å². The van der Waals surface area contributed by atoms with E-state index in [0.29, 0.717) is 11.8 Å². The van der Waals surface area contributed by atoms with E-state index in [9.17, 15) is 0 Å². The topological polar surface area (TPSA) is 22.1 Å². The molecule has 0 saturated carbocycles. The number of ether oxygens (including phenoxy) is 1. The minimum Gasteiger partial charge on any atom is -0.439 e. The van der Waals surface area contributed by atoms with Gasteiger partial charge in [-0.25, -0.2) is 4.98 Å². The molecule has 0 fully saturated rings. The number of aryl methyl sites for hydroxylation is 1. The van der Waals surface area contributed by atoms with Crippen molar-refractivity contribution in [2.75, 3.05) is 0 Å². The molecule has 0 aliphatic carbocycles. The second-order valence-corrected chi connectivity index (χ2v) is 5.16. The van der Waals surface area contributed by atoms with Crippen LogP contribution in [-0.4, -0.2) is 4.98 Å². The van der Waals surface area contributed by atoms with Gasteiger partial charge >= 0.3 is 0 Å². The van der Waals surface area contributed by atoms with E-state index in [-0.39, 0.29) is 0 Å². The van der Waals surface area contributed by atoms with Crippen LogP contribution in [0.4, 0.5) is 0 Å². The van der Waals surface area contributed by atoms with Gasteiger partial charge in [0.15, 0.2) is 0 Å². The Morgan fingerprint density at radius 2 is 1.94 bits per heavy atom. The van der Waals surface area contributed by atoms with Crippen LogP contribution in [0.25, 0.3) is 0 Å². The number of alkyl halides is 1. The van der Waals surface area contributed by atoms with Gasteiger partial charge in [-0.05, 0) is 65.4 Å². The number of rotatable bonds is 3. The Morgan fingerprint density at radius 3 is 2.59 bits per heavy atom. The Bertz CT molecular complexity index is 513. The molecule has 2 nitrogen and oxygen atoms in total. The van der Waals surface area contributed by atoms with Gasteiger partial charge in [-0.1, -0.05) is 0 Å². The summed E-state index contributed by atoms with van der Waals surface area (Å²) >= 11 is 8.07. The molecule has 1 heterocycles. The molecule has 0 spiro atoms. The highest BCUT2D eigenvalue weighted by Crippen LogP contribution is 2.22. The number of halogens is 2. The first-order valence-electron chi connectivity index (χ1n) is 5.14. The molecular formula is C13H11ClINO. The molecule has 4 heteroatoms. The van der Waals surface area contributed by atoms with E-state index < -0.39 is 0 Å². The minimum atomic E-state index is 0.465. The average molecular weight is 360 g/mol. The third kappa shape index (κ3) is 3.57. The molecule has 88 valence electrons. The quantitative estimate of drug-likeness (QED) is 0.593. The highest BCUT2D eigenvalue weighted by Gasteiger charge is 2.02. The lowest BCUT2D eigenvalue weighted by molar-refractivity contribution is 0.461. The smallest absolute Gasteiger partial charge is 0.219 e. The van der Waals surface area contributed by atoms with E-state index in [1.54, 1.807) is 0 Å². The molecule has 0 unspecified atom stereocenters. The molecule has 0 saturated heterocycles. The maximum atomic E-state index is 5.81. The maximum absolute atomic E-state index is 5.81. The molecule has 17 heavy (non-hydrogen) atoms. The van der Waals surface area contributed by atoms with Crippen LogP contribution < -0.4 is 4.74 Å². The Kier molecular flexibility index (Phi) is 4.23. The van der Waals surface area contributed by atoms with E-state index in [1.807, 2.05) is 43.3 Å². The van der Waals surface area contributed by atoms with Crippen molar-refractivity contribution in [1.82, 2.24) is 4.98 Å². The zero-order valence-electron chi connectivity index (χ0n) is 9.28. The molecule has 0 amide bonds. The Balaban J connectivity index is 2.23. The van der Waals surface area contributed by atoms with Crippen LogP contribution in [0.3, 0.4) is 0 Å². The third-order valence-electron chi connectivity index (χ3n) is 2.18. The number of pyridine rings is 1. The van der Waals surface area contributed by atoms with E-state index in [2.05, 4.69) is 27.6 Å². The van der Waals surface area contributed by atoms with Crippen molar-refractivity contribution in [1.29, 1.82) is 0 Å². The van der Waals surface area contributed by atoms with Crippen LogP contribution in [-0.2, 0) is 5.88 Å². The fourth-order valence-corrected chi connectivity index (χ4v) is 1.97. The average Bonchev–Trinajstić information content (AvgIpc) is 2.31. The highest BCUT2D eigenvalue weighted by atomic mass is 127. The van der Waals surface area contributed by atoms with Gasteiger partial charge in [-0.3, -0.25) is 0 Å². The van der Waals surface area contributed by atoms with E-state index in [4.69, 9.17) is 16.3 Å². The summed E-state index contributed by atoms with van der Waals surface area (Å²) < 4.78 is 6.86. The van der Waals surface area contributed by atoms with Crippen LogP contribution in [0.15, 0.2) is 36.4 Å². The van der Waals surface area contributed by atoms with Crippen molar-refractivity contribution in [2.45, 2.75) is 12.8 Å². The maximum Gasteiger partial charge on any atom is 0.219 e. The van der Waals surface area contributed by atoms with Crippen LogP contribution in [0, 0.1) is 10.5 Å². The fraction of sp³-hybridized carbons (Fsp3) is 0.154. The van der Waals surface area contributed by atoms with Gasteiger partial charge in [0.2, 0.25) is 5.88 Å². The zero-order valence-corrected chi connectivity index (χ0v) is 12.2. The van der Waals surface area contributed by atoms with Crippen LogP contribution in [0.5, 0.6) is 11.6 Å². The van der Waals surface area contributed by atoms with Crippen molar-refractivity contribution in [3.05, 3.63) is 51.2 Å². The monoisotopic (exact) mass is 359 g/mol. The molecule has 1 aromatic heterocycles. The van der Waals surface area contributed by atoms with Gasteiger partial charge in [0.25, 0.3) is 0 Å². The standard InChI is InChI=1S/C13H11ClINO/c1-9-6-10(8-14)7-13(16-9)17-12-4-2-11(15)3-5-12/h2-7H,8H2,1H3. The summed E-state index contributed by atoms with van der Waals surface area (Å²) in [6, 6.07) is 11.6. The van der Waals surface area contributed by atoms with Crippen molar-refractivity contribution >= 4 is 34.2 Å². The number of hydrogen-bond donors (Lipinski definition) is 0. The summed E-state index contributed by atoms with van der Waals surface area (Å²) in [6.45, 7) is 1.93. The van der Waals surface area contributed by atoms with Gasteiger partial charge in [0.1, 0.15) is 5.75 Å². The molecule has 1 aromatic carbocycles. The SMILES string of the molecule is Cc1cc(CCl)cc(Oc2ccc(I)cc2)n1. The summed E-state index contributed by atoms with van der Waals surface area (Å²) in [5, 5.41) is 0. The van der Waals surface area contributed by atoms with Crippen LogP contribution in [0.2, 0.25) is 0 Å². The van der Waals surface area contributed by atoms with E-state index in [0.717, 1.165) is 17.0 Å². The Morgan fingerprint density at radius 1 is 1.24 bits per heavy atom. The van der Waals surface area contributed by atoms with Crippen molar-refractivity contribution in [2.24, 2.45) is 0 Å². The predicted octanol–water partition coefficient (Wildman–Crippen LogP) is 4.53. The second-order valence-electron chi connectivity index (χ2n) is 3.64. The lowest BCUT2D eigenvalue weighted by Crippen LogP contribution is -1.92. The normalized spacial score (nSPS) is 10.3. The first kappa shape index (κ1) is 12.6. The lowest BCUT2D eigenvalue weighted by Gasteiger charge is -2.07. The largest absolute Gasteiger partial charge is 0.439 e. The Hall–Kier alpha value is -0.810. The van der Waals surface area contributed by atoms with Crippen molar-refractivity contribution in [3.8, 4) is 11.6 Å². The van der Waals surface area contributed by atoms with Crippen molar-refractivity contribution < 1.29 is 4.74 Å². The first-order valence-corrected chi connectivity index (χ1v) is 6.75. The number of hydrogen-bond acceptors (Lipinski definition) is 2. The molecule has 2 rings (SSSR count).